The number of anilines is 2. The van der Waals surface area contributed by atoms with Crippen LogP contribution in [0, 0.1) is 0 Å². The first-order valence-corrected chi connectivity index (χ1v) is 9.23. The standard InChI is InChI=1S/C21H25N3O4/c1-4-24-14-17(28-19-11-6-5-10-18(19)24)13-23(2)21(26)22-16-9-7-8-15(12-16)20(25)27-3/h5-12,17H,4,13-14H2,1-3H3,(H,22,26)/t17-/m0/s1. The van der Waals surface area contributed by atoms with E-state index < -0.39 is 5.97 Å². The Bertz CT molecular complexity index is 855. The number of carbonyl (C=O) groups excluding carboxylic acids is 2. The van der Waals surface area contributed by atoms with Crippen molar-refractivity contribution in [1.82, 2.24) is 4.90 Å². The average molecular weight is 383 g/mol. The molecule has 3 rings (SSSR count). The van der Waals surface area contributed by atoms with Crippen molar-refractivity contribution in [3.63, 3.8) is 0 Å². The second kappa shape index (κ2) is 8.65. The van der Waals surface area contributed by atoms with Gasteiger partial charge in [0, 0.05) is 19.3 Å². The molecule has 0 saturated heterocycles. The van der Waals surface area contributed by atoms with Gasteiger partial charge in [-0.1, -0.05) is 18.2 Å². The third-order valence-electron chi connectivity index (χ3n) is 4.66. The molecule has 7 nitrogen and oxygen atoms in total. The molecule has 1 heterocycles. The van der Waals surface area contributed by atoms with Crippen LogP contribution in [0.25, 0.3) is 0 Å². The number of amides is 2. The Hall–Kier alpha value is -3.22. The van der Waals surface area contributed by atoms with E-state index in [1.807, 2.05) is 24.3 Å². The molecule has 0 radical (unpaired) electrons. The first-order valence-electron chi connectivity index (χ1n) is 9.23. The Morgan fingerprint density at radius 1 is 1.25 bits per heavy atom. The number of methoxy groups -OCH3 is 1. The van der Waals surface area contributed by atoms with Crippen molar-refractivity contribution in [3.8, 4) is 5.75 Å². The lowest BCUT2D eigenvalue weighted by atomic mass is 10.2. The second-order valence-corrected chi connectivity index (χ2v) is 6.63. The summed E-state index contributed by atoms with van der Waals surface area (Å²) < 4.78 is 10.8. The number of fused-ring (bicyclic) bond motifs is 1. The van der Waals surface area contributed by atoms with Crippen molar-refractivity contribution in [1.29, 1.82) is 0 Å². The summed E-state index contributed by atoms with van der Waals surface area (Å²) in [5.74, 6) is 0.388. The summed E-state index contributed by atoms with van der Waals surface area (Å²) in [6.45, 7) is 4.12. The van der Waals surface area contributed by atoms with Gasteiger partial charge in [-0.25, -0.2) is 9.59 Å². The number of esters is 1. The Kier molecular flexibility index (Phi) is 6.03. The highest BCUT2D eigenvalue weighted by Gasteiger charge is 2.26. The van der Waals surface area contributed by atoms with E-state index in [-0.39, 0.29) is 12.1 Å². The molecule has 1 N–H and O–H groups in total. The van der Waals surface area contributed by atoms with Gasteiger partial charge in [0.15, 0.2) is 0 Å². The number of rotatable bonds is 5. The number of nitrogens with zero attached hydrogens (tertiary/aromatic N) is 2. The van der Waals surface area contributed by atoms with E-state index in [9.17, 15) is 9.59 Å². The lowest BCUT2D eigenvalue weighted by Crippen LogP contribution is -2.47. The van der Waals surface area contributed by atoms with Gasteiger partial charge in [-0.3, -0.25) is 0 Å². The highest BCUT2D eigenvalue weighted by atomic mass is 16.5. The van der Waals surface area contributed by atoms with E-state index >= 15 is 0 Å². The van der Waals surface area contributed by atoms with Crippen LogP contribution in [-0.2, 0) is 4.74 Å². The van der Waals surface area contributed by atoms with Gasteiger partial charge in [-0.15, -0.1) is 0 Å². The largest absolute Gasteiger partial charge is 0.485 e. The number of carbonyl (C=O) groups is 2. The molecule has 2 amide bonds. The summed E-state index contributed by atoms with van der Waals surface area (Å²) >= 11 is 0. The SMILES string of the molecule is CCN1C[C@H](CN(C)C(=O)Nc2cccc(C(=O)OC)c2)Oc2ccccc21. The number of likely N-dealkylation sites (N-methyl/N-ethyl adjacent to an activating group) is 2. The van der Waals surface area contributed by atoms with Crippen LogP contribution in [-0.4, -0.2) is 56.8 Å². The van der Waals surface area contributed by atoms with Crippen LogP contribution < -0.4 is 15.0 Å². The third-order valence-corrected chi connectivity index (χ3v) is 4.66. The Morgan fingerprint density at radius 2 is 2.04 bits per heavy atom. The van der Waals surface area contributed by atoms with Crippen LogP contribution in [0.2, 0.25) is 0 Å². The molecule has 1 aliphatic heterocycles. The topological polar surface area (TPSA) is 71.1 Å². The van der Waals surface area contributed by atoms with Crippen molar-refractivity contribution < 1.29 is 19.1 Å². The van der Waals surface area contributed by atoms with Gasteiger partial charge in [0.1, 0.15) is 11.9 Å². The van der Waals surface area contributed by atoms with Crippen molar-refractivity contribution in [2.24, 2.45) is 0 Å². The fourth-order valence-corrected chi connectivity index (χ4v) is 3.22. The summed E-state index contributed by atoms with van der Waals surface area (Å²) in [5, 5.41) is 2.81. The monoisotopic (exact) mass is 383 g/mol. The van der Waals surface area contributed by atoms with E-state index in [1.54, 1.807) is 36.2 Å². The molecule has 0 aromatic heterocycles. The lowest BCUT2D eigenvalue weighted by Gasteiger charge is -2.37. The first-order chi connectivity index (χ1) is 13.5. The zero-order chi connectivity index (χ0) is 20.1. The smallest absolute Gasteiger partial charge is 0.337 e. The van der Waals surface area contributed by atoms with Gasteiger partial charge in [-0.05, 0) is 37.3 Å². The molecular formula is C21H25N3O4. The van der Waals surface area contributed by atoms with Crippen molar-refractivity contribution in [2.75, 3.05) is 44.0 Å². The Balaban J connectivity index is 1.63. The van der Waals surface area contributed by atoms with Crippen LogP contribution in [0.5, 0.6) is 5.75 Å². The minimum absolute atomic E-state index is 0.132. The number of hydrogen-bond donors (Lipinski definition) is 1. The van der Waals surface area contributed by atoms with E-state index in [0.717, 1.165) is 18.0 Å². The molecule has 148 valence electrons. The van der Waals surface area contributed by atoms with Gasteiger partial charge in [0.2, 0.25) is 0 Å². The zero-order valence-electron chi connectivity index (χ0n) is 16.3. The molecule has 28 heavy (non-hydrogen) atoms. The minimum Gasteiger partial charge on any atom is -0.485 e. The molecule has 0 unspecified atom stereocenters. The predicted molar refractivity (Wildman–Crippen MR) is 108 cm³/mol. The summed E-state index contributed by atoms with van der Waals surface area (Å²) in [5.41, 5.74) is 1.99. The molecule has 2 aromatic rings. The average Bonchev–Trinajstić information content (AvgIpc) is 2.72. The highest BCUT2D eigenvalue weighted by Crippen LogP contribution is 2.32. The van der Waals surface area contributed by atoms with Crippen LogP contribution in [0.4, 0.5) is 16.2 Å². The highest BCUT2D eigenvalue weighted by molar-refractivity contribution is 5.93. The number of hydrogen-bond acceptors (Lipinski definition) is 5. The Labute approximate surface area is 164 Å². The van der Waals surface area contributed by atoms with E-state index in [1.165, 1.54) is 7.11 Å². The Morgan fingerprint density at radius 3 is 2.79 bits per heavy atom. The van der Waals surface area contributed by atoms with E-state index in [2.05, 4.69) is 17.1 Å². The third kappa shape index (κ3) is 4.36. The van der Waals surface area contributed by atoms with Crippen LogP contribution >= 0.6 is 0 Å². The van der Waals surface area contributed by atoms with E-state index in [0.29, 0.717) is 24.3 Å². The predicted octanol–water partition coefficient (Wildman–Crippen LogP) is 3.22. The molecule has 7 heteroatoms. The normalized spacial score (nSPS) is 15.2. The maximum atomic E-state index is 12.6. The summed E-state index contributed by atoms with van der Waals surface area (Å²) in [6, 6.07) is 14.3. The number of ether oxygens (including phenoxy) is 2. The molecule has 0 fully saturated rings. The van der Waals surface area contributed by atoms with Gasteiger partial charge in [-0.2, -0.15) is 0 Å². The van der Waals surface area contributed by atoms with Crippen molar-refractivity contribution >= 4 is 23.4 Å². The van der Waals surface area contributed by atoms with Crippen molar-refractivity contribution in [3.05, 3.63) is 54.1 Å². The summed E-state index contributed by atoms with van der Waals surface area (Å²) in [7, 11) is 3.04. The molecule has 0 bridgehead atoms. The second-order valence-electron chi connectivity index (χ2n) is 6.63. The number of nitrogens with one attached hydrogen (secondary N) is 1. The van der Waals surface area contributed by atoms with Crippen LogP contribution in [0.15, 0.2) is 48.5 Å². The fraction of sp³-hybridized carbons (Fsp3) is 0.333. The molecule has 1 aliphatic rings. The molecule has 2 aromatic carbocycles. The number of urea groups is 1. The molecule has 0 saturated carbocycles. The first kappa shape index (κ1) is 19.5. The fourth-order valence-electron chi connectivity index (χ4n) is 3.22. The summed E-state index contributed by atoms with van der Waals surface area (Å²) in [6.07, 6.45) is -0.132. The lowest BCUT2D eigenvalue weighted by molar-refractivity contribution is 0.0600. The van der Waals surface area contributed by atoms with Crippen LogP contribution in [0.3, 0.4) is 0 Å². The maximum Gasteiger partial charge on any atom is 0.337 e. The van der Waals surface area contributed by atoms with Gasteiger partial charge < -0.3 is 24.6 Å². The van der Waals surface area contributed by atoms with Gasteiger partial charge in [0.05, 0.1) is 31.5 Å². The molecular weight excluding hydrogens is 358 g/mol. The minimum atomic E-state index is -0.446. The molecule has 0 spiro atoms. The quantitative estimate of drug-likeness (QED) is 0.803. The molecule has 0 aliphatic carbocycles. The zero-order valence-corrected chi connectivity index (χ0v) is 16.3. The van der Waals surface area contributed by atoms with E-state index in [4.69, 9.17) is 9.47 Å². The summed E-state index contributed by atoms with van der Waals surface area (Å²) in [4.78, 5) is 28.0. The molecule has 1 atom stereocenters. The van der Waals surface area contributed by atoms with Gasteiger partial charge >= 0.3 is 12.0 Å². The van der Waals surface area contributed by atoms with Crippen molar-refractivity contribution in [2.45, 2.75) is 13.0 Å². The number of benzene rings is 2. The maximum absolute atomic E-state index is 12.6. The van der Waals surface area contributed by atoms with Crippen LogP contribution in [0.1, 0.15) is 17.3 Å². The van der Waals surface area contributed by atoms with Gasteiger partial charge in [0.25, 0.3) is 0 Å². The number of para-hydroxylation sites is 2.